The second kappa shape index (κ2) is 6.80. The SMILES string of the molecule is Cc1cc(SC(F)(Cl)Cl)c(C)n1-c1c(Cl)cc(C(F)(F)F)cc1Cl. The molecule has 0 amide bonds. The summed E-state index contributed by atoms with van der Waals surface area (Å²) in [6.45, 7) is 3.29. The number of hydrogen-bond acceptors (Lipinski definition) is 1. The van der Waals surface area contributed by atoms with Crippen molar-refractivity contribution in [2.45, 2.75) is 28.8 Å². The molecule has 0 radical (unpaired) electrons. The van der Waals surface area contributed by atoms with Crippen molar-refractivity contribution in [3.63, 3.8) is 0 Å². The van der Waals surface area contributed by atoms with Crippen LogP contribution in [0.1, 0.15) is 17.0 Å². The van der Waals surface area contributed by atoms with Gasteiger partial charge in [-0.1, -0.05) is 58.2 Å². The van der Waals surface area contributed by atoms with Gasteiger partial charge in [0.1, 0.15) is 0 Å². The van der Waals surface area contributed by atoms with Crippen molar-refractivity contribution in [1.29, 1.82) is 0 Å². The summed E-state index contributed by atoms with van der Waals surface area (Å²) in [4.78, 5) is 0.409. The predicted molar refractivity (Wildman–Crippen MR) is 91.7 cm³/mol. The second-order valence-corrected chi connectivity index (χ2v) is 8.61. The zero-order chi connectivity index (χ0) is 18.4. The number of nitrogens with zero attached hydrogens (tertiary/aromatic N) is 1. The Bertz CT molecular complexity index is 757. The molecule has 0 atom stereocenters. The van der Waals surface area contributed by atoms with Gasteiger partial charge in [-0.25, -0.2) is 0 Å². The van der Waals surface area contributed by atoms with Gasteiger partial charge < -0.3 is 4.57 Å². The number of aryl methyl sites for hydroxylation is 1. The van der Waals surface area contributed by atoms with Crippen LogP contribution in [0.2, 0.25) is 10.0 Å². The monoisotopic (exact) mass is 439 g/mol. The van der Waals surface area contributed by atoms with Crippen molar-refractivity contribution in [3.05, 3.63) is 45.2 Å². The van der Waals surface area contributed by atoms with Gasteiger partial charge >= 0.3 is 10.1 Å². The van der Waals surface area contributed by atoms with Crippen LogP contribution in [0.4, 0.5) is 17.6 Å². The summed E-state index contributed by atoms with van der Waals surface area (Å²) in [5.41, 5.74) is 0.282. The largest absolute Gasteiger partial charge is 0.416 e. The van der Waals surface area contributed by atoms with Crippen molar-refractivity contribution in [1.82, 2.24) is 4.57 Å². The summed E-state index contributed by atoms with van der Waals surface area (Å²) in [7, 11) is 0. The number of rotatable bonds is 3. The van der Waals surface area contributed by atoms with Crippen LogP contribution in [0.25, 0.3) is 5.69 Å². The Kier molecular flexibility index (Phi) is 5.68. The molecular formula is C14H9Cl4F4NS. The molecular weight excluding hydrogens is 432 g/mol. The van der Waals surface area contributed by atoms with E-state index in [1.807, 2.05) is 0 Å². The molecule has 0 aliphatic heterocycles. The standard InChI is InChI=1S/C14H9Cl4F4NS/c1-6-3-11(24-14(17,18)22)7(2)23(6)12-9(15)4-8(5-10(12)16)13(19,20)21/h3-5H,1-2H3. The summed E-state index contributed by atoms with van der Waals surface area (Å²) in [5, 5.41) is -0.368. The van der Waals surface area contributed by atoms with E-state index in [0.29, 0.717) is 28.0 Å². The Balaban J connectivity index is 2.62. The molecule has 0 fully saturated rings. The number of benzene rings is 1. The summed E-state index contributed by atoms with van der Waals surface area (Å²) >= 11 is 23.3. The third-order valence-corrected chi connectivity index (χ3v) is 5.08. The molecule has 1 heterocycles. The quantitative estimate of drug-likeness (QED) is 0.270. The first-order chi connectivity index (χ1) is 10.8. The predicted octanol–water partition coefficient (Wildman–Crippen LogP) is 7.57. The second-order valence-electron chi connectivity index (χ2n) is 4.90. The molecule has 0 aliphatic carbocycles. The number of aromatic nitrogens is 1. The van der Waals surface area contributed by atoms with Crippen molar-refractivity contribution < 1.29 is 17.6 Å². The van der Waals surface area contributed by atoms with E-state index in [1.54, 1.807) is 19.9 Å². The summed E-state index contributed by atoms with van der Waals surface area (Å²) in [6, 6.07) is 3.16. The average molecular weight is 441 g/mol. The van der Waals surface area contributed by atoms with E-state index in [4.69, 9.17) is 46.4 Å². The van der Waals surface area contributed by atoms with E-state index < -0.39 is 15.7 Å². The van der Waals surface area contributed by atoms with E-state index >= 15 is 0 Å². The fourth-order valence-electron chi connectivity index (χ4n) is 2.25. The van der Waals surface area contributed by atoms with Crippen LogP contribution in [0.3, 0.4) is 0 Å². The number of alkyl halides is 6. The van der Waals surface area contributed by atoms with E-state index in [9.17, 15) is 17.6 Å². The number of hydrogen-bond donors (Lipinski definition) is 0. The number of halogens is 8. The first-order valence-corrected chi connectivity index (χ1v) is 8.65. The lowest BCUT2D eigenvalue weighted by Gasteiger charge is -2.16. The zero-order valence-electron chi connectivity index (χ0n) is 12.1. The molecule has 0 saturated heterocycles. The van der Waals surface area contributed by atoms with Crippen LogP contribution < -0.4 is 0 Å². The Labute approximate surface area is 159 Å². The Hall–Kier alpha value is -0.270. The lowest BCUT2D eigenvalue weighted by atomic mass is 10.2. The van der Waals surface area contributed by atoms with Gasteiger partial charge in [-0.2, -0.15) is 17.6 Å². The van der Waals surface area contributed by atoms with Crippen LogP contribution in [0, 0.1) is 13.8 Å². The molecule has 0 unspecified atom stereocenters. The van der Waals surface area contributed by atoms with Crippen LogP contribution >= 0.6 is 58.2 Å². The summed E-state index contributed by atoms with van der Waals surface area (Å²) in [6.07, 6.45) is -4.57. The van der Waals surface area contributed by atoms with Crippen molar-refractivity contribution in [3.8, 4) is 5.69 Å². The molecule has 24 heavy (non-hydrogen) atoms. The molecule has 0 N–H and O–H groups in total. The topological polar surface area (TPSA) is 4.93 Å². The molecule has 132 valence electrons. The molecule has 1 nitrogen and oxygen atoms in total. The minimum atomic E-state index is -4.57. The van der Waals surface area contributed by atoms with Crippen LogP contribution in [0.15, 0.2) is 23.1 Å². The van der Waals surface area contributed by atoms with E-state index in [1.165, 1.54) is 4.57 Å². The molecule has 10 heteroatoms. The molecule has 0 spiro atoms. The normalized spacial score (nSPS) is 12.8. The zero-order valence-corrected chi connectivity index (χ0v) is 16.0. The molecule has 1 aromatic heterocycles. The van der Waals surface area contributed by atoms with E-state index in [2.05, 4.69) is 0 Å². The van der Waals surface area contributed by atoms with Crippen molar-refractivity contribution in [2.75, 3.05) is 0 Å². The summed E-state index contributed by atoms with van der Waals surface area (Å²) < 4.78 is 50.9. The first kappa shape index (κ1) is 20.0. The molecule has 2 rings (SSSR count). The van der Waals surface area contributed by atoms with Gasteiger partial charge in [0.05, 0.1) is 21.3 Å². The fourth-order valence-corrected chi connectivity index (χ4v) is 4.12. The smallest absolute Gasteiger partial charge is 0.315 e. The maximum Gasteiger partial charge on any atom is 0.416 e. The van der Waals surface area contributed by atoms with Crippen LogP contribution in [-0.4, -0.2) is 8.49 Å². The van der Waals surface area contributed by atoms with E-state index in [-0.39, 0.29) is 15.7 Å². The molecule has 0 bridgehead atoms. The first-order valence-electron chi connectivity index (χ1n) is 6.32. The van der Waals surface area contributed by atoms with Gasteiger partial charge in [0, 0.05) is 16.3 Å². The molecule has 0 aliphatic rings. The molecule has 1 aromatic carbocycles. The highest BCUT2D eigenvalue weighted by Crippen LogP contribution is 2.45. The summed E-state index contributed by atoms with van der Waals surface area (Å²) in [5.74, 6) is 0. The Morgan fingerprint density at radius 2 is 1.46 bits per heavy atom. The van der Waals surface area contributed by atoms with Crippen LogP contribution in [-0.2, 0) is 6.18 Å². The van der Waals surface area contributed by atoms with Gasteiger partial charge in [-0.15, -0.1) is 0 Å². The number of thioether (sulfide) groups is 1. The molecule has 2 aromatic rings. The maximum atomic E-state index is 13.4. The van der Waals surface area contributed by atoms with Gasteiger partial charge in [-0.05, 0) is 32.0 Å². The third kappa shape index (κ3) is 4.28. The third-order valence-electron chi connectivity index (χ3n) is 3.18. The Morgan fingerprint density at radius 1 is 0.958 bits per heavy atom. The minimum absolute atomic E-state index is 0.168. The van der Waals surface area contributed by atoms with Crippen LogP contribution in [0.5, 0.6) is 0 Å². The molecule has 0 saturated carbocycles. The highest BCUT2D eigenvalue weighted by molar-refractivity contribution is 8.03. The maximum absolute atomic E-state index is 13.4. The minimum Gasteiger partial charge on any atom is -0.315 e. The lowest BCUT2D eigenvalue weighted by Crippen LogP contribution is -2.08. The van der Waals surface area contributed by atoms with Gasteiger partial charge in [0.2, 0.25) is 0 Å². The Morgan fingerprint density at radius 3 is 1.88 bits per heavy atom. The van der Waals surface area contributed by atoms with Gasteiger partial charge in [-0.3, -0.25) is 0 Å². The highest BCUT2D eigenvalue weighted by Gasteiger charge is 2.33. The van der Waals surface area contributed by atoms with E-state index in [0.717, 1.165) is 12.1 Å². The average Bonchev–Trinajstić information content (AvgIpc) is 2.62. The van der Waals surface area contributed by atoms with Gasteiger partial charge in [0.15, 0.2) is 0 Å². The van der Waals surface area contributed by atoms with Crippen molar-refractivity contribution in [2.24, 2.45) is 0 Å². The fraction of sp³-hybridized carbons (Fsp3) is 0.286. The van der Waals surface area contributed by atoms with Crippen molar-refractivity contribution >= 4 is 58.2 Å². The van der Waals surface area contributed by atoms with Gasteiger partial charge in [0.25, 0.3) is 0 Å². The highest BCUT2D eigenvalue weighted by atomic mass is 35.5. The lowest BCUT2D eigenvalue weighted by molar-refractivity contribution is -0.137.